The fourth-order valence-corrected chi connectivity index (χ4v) is 7.16. The molecule has 0 radical (unpaired) electrons. The fraction of sp³-hybridized carbons (Fsp3) is 0.796. The van der Waals surface area contributed by atoms with Gasteiger partial charge in [0.05, 0.1) is 0 Å². The molecular weight excluding hydrogens is 745 g/mol. The van der Waals surface area contributed by atoms with Crippen molar-refractivity contribution in [2.24, 2.45) is 0 Å². The number of carbonyl (C=O) groups is 3. The highest BCUT2D eigenvalue weighted by Crippen LogP contribution is 2.15. The van der Waals surface area contributed by atoms with Gasteiger partial charge in [0.1, 0.15) is 13.2 Å². The van der Waals surface area contributed by atoms with Gasteiger partial charge in [0.25, 0.3) is 0 Å². The van der Waals surface area contributed by atoms with Crippen LogP contribution in [0.15, 0.2) is 48.6 Å². The standard InChI is InChI=1S/C54H96O6/c1-4-7-10-13-16-19-22-23-24-25-26-27-28-29-30-31-33-35-38-41-44-47-53(56)59-50-51(49-58-52(55)46-43-40-37-34-21-18-15-12-9-6-3)60-54(57)48-45-42-39-36-32-20-17-14-11-8-5-2/h12,15,22-23,25-26,28-29,51H,4-11,13-14,16-21,24,27,30-50H2,1-3H3/b15-12-,23-22-,26-25-,29-28-. The van der Waals surface area contributed by atoms with Crippen molar-refractivity contribution in [3.05, 3.63) is 48.6 Å². The van der Waals surface area contributed by atoms with Crippen molar-refractivity contribution in [1.82, 2.24) is 0 Å². The molecule has 1 atom stereocenters. The van der Waals surface area contributed by atoms with Crippen molar-refractivity contribution >= 4 is 17.9 Å². The van der Waals surface area contributed by atoms with E-state index in [0.29, 0.717) is 19.3 Å². The van der Waals surface area contributed by atoms with Gasteiger partial charge in [0, 0.05) is 19.3 Å². The number of carbonyl (C=O) groups excluding carboxylic acids is 3. The molecule has 0 aromatic rings. The van der Waals surface area contributed by atoms with Crippen LogP contribution in [0.1, 0.15) is 258 Å². The Kier molecular flexibility index (Phi) is 46.9. The predicted octanol–water partition coefficient (Wildman–Crippen LogP) is 16.7. The van der Waals surface area contributed by atoms with Gasteiger partial charge in [-0.05, 0) is 77.0 Å². The van der Waals surface area contributed by atoms with Crippen LogP contribution in [0.25, 0.3) is 0 Å². The van der Waals surface area contributed by atoms with Crippen molar-refractivity contribution in [1.29, 1.82) is 0 Å². The van der Waals surface area contributed by atoms with Crippen LogP contribution < -0.4 is 0 Å². The van der Waals surface area contributed by atoms with E-state index in [1.165, 1.54) is 128 Å². The Morgan fingerprint density at radius 1 is 0.333 bits per heavy atom. The van der Waals surface area contributed by atoms with Crippen LogP contribution >= 0.6 is 0 Å². The smallest absolute Gasteiger partial charge is 0.306 e. The molecule has 348 valence electrons. The maximum atomic E-state index is 12.7. The minimum absolute atomic E-state index is 0.0803. The molecule has 0 saturated heterocycles. The van der Waals surface area contributed by atoms with Crippen LogP contribution in [0.3, 0.4) is 0 Å². The molecule has 0 aliphatic carbocycles. The molecule has 0 saturated carbocycles. The normalized spacial score (nSPS) is 12.4. The SMILES string of the molecule is CCC/C=C\CCCCCCCC(=O)OCC(COC(=O)CCCCCCCC/C=C\C/C=C\C/C=C\CCCCCCC)OC(=O)CCCCCCCCCCCCC. The summed E-state index contributed by atoms with van der Waals surface area (Å²) in [7, 11) is 0. The van der Waals surface area contributed by atoms with Crippen LogP contribution in [0.4, 0.5) is 0 Å². The summed E-state index contributed by atoms with van der Waals surface area (Å²) in [6, 6.07) is 0. The van der Waals surface area contributed by atoms with Gasteiger partial charge >= 0.3 is 17.9 Å². The molecule has 0 rings (SSSR count). The Balaban J connectivity index is 4.29. The lowest BCUT2D eigenvalue weighted by Crippen LogP contribution is -2.30. The van der Waals surface area contributed by atoms with Crippen molar-refractivity contribution in [2.75, 3.05) is 13.2 Å². The van der Waals surface area contributed by atoms with E-state index in [4.69, 9.17) is 14.2 Å². The van der Waals surface area contributed by atoms with E-state index in [2.05, 4.69) is 69.4 Å². The lowest BCUT2D eigenvalue weighted by molar-refractivity contribution is -0.167. The third kappa shape index (κ3) is 46.4. The zero-order valence-electron chi connectivity index (χ0n) is 39.7. The summed E-state index contributed by atoms with van der Waals surface area (Å²) in [6.45, 7) is 6.54. The third-order valence-electron chi connectivity index (χ3n) is 11.0. The van der Waals surface area contributed by atoms with E-state index < -0.39 is 6.10 Å². The zero-order valence-corrected chi connectivity index (χ0v) is 39.7. The second kappa shape index (κ2) is 49.0. The van der Waals surface area contributed by atoms with Gasteiger partial charge < -0.3 is 14.2 Å². The minimum Gasteiger partial charge on any atom is -0.462 e. The molecule has 0 aromatic heterocycles. The Morgan fingerprint density at radius 3 is 1.02 bits per heavy atom. The van der Waals surface area contributed by atoms with Crippen molar-refractivity contribution in [3.8, 4) is 0 Å². The van der Waals surface area contributed by atoms with Crippen LogP contribution in [0.2, 0.25) is 0 Å². The average Bonchev–Trinajstić information content (AvgIpc) is 3.24. The number of hydrogen-bond donors (Lipinski definition) is 0. The Morgan fingerprint density at radius 2 is 0.633 bits per heavy atom. The van der Waals surface area contributed by atoms with Crippen molar-refractivity contribution in [3.63, 3.8) is 0 Å². The van der Waals surface area contributed by atoms with Gasteiger partial charge in [-0.1, -0.05) is 211 Å². The van der Waals surface area contributed by atoms with Gasteiger partial charge in [-0.15, -0.1) is 0 Å². The Bertz CT molecular complexity index is 1060. The van der Waals surface area contributed by atoms with Gasteiger partial charge in [-0.2, -0.15) is 0 Å². The lowest BCUT2D eigenvalue weighted by atomic mass is 10.1. The van der Waals surface area contributed by atoms with Crippen LogP contribution in [0.5, 0.6) is 0 Å². The highest BCUT2D eigenvalue weighted by molar-refractivity contribution is 5.71. The molecule has 0 bridgehead atoms. The topological polar surface area (TPSA) is 78.9 Å². The molecule has 1 unspecified atom stereocenters. The van der Waals surface area contributed by atoms with Crippen molar-refractivity contribution in [2.45, 2.75) is 264 Å². The molecule has 6 nitrogen and oxygen atoms in total. The summed E-state index contributed by atoms with van der Waals surface area (Å²) >= 11 is 0. The van der Waals surface area contributed by atoms with E-state index in [9.17, 15) is 14.4 Å². The van der Waals surface area contributed by atoms with Crippen LogP contribution in [0, 0.1) is 0 Å². The first kappa shape index (κ1) is 57.4. The van der Waals surface area contributed by atoms with Crippen LogP contribution in [-0.4, -0.2) is 37.2 Å². The highest BCUT2D eigenvalue weighted by Gasteiger charge is 2.19. The van der Waals surface area contributed by atoms with Crippen LogP contribution in [-0.2, 0) is 28.6 Å². The number of allylic oxidation sites excluding steroid dienone is 8. The molecule has 0 N–H and O–H groups in total. The van der Waals surface area contributed by atoms with E-state index in [0.717, 1.165) is 89.9 Å². The predicted molar refractivity (Wildman–Crippen MR) is 256 cm³/mol. The lowest BCUT2D eigenvalue weighted by Gasteiger charge is -2.18. The van der Waals surface area contributed by atoms with E-state index >= 15 is 0 Å². The number of unbranched alkanes of at least 4 members (excludes halogenated alkanes) is 27. The van der Waals surface area contributed by atoms with Gasteiger partial charge in [0.15, 0.2) is 6.10 Å². The van der Waals surface area contributed by atoms with E-state index in [1.54, 1.807) is 0 Å². The summed E-state index contributed by atoms with van der Waals surface area (Å²) in [6.07, 6.45) is 58.1. The van der Waals surface area contributed by atoms with Gasteiger partial charge in [-0.3, -0.25) is 14.4 Å². The molecule has 0 amide bonds. The molecule has 0 heterocycles. The molecule has 0 fully saturated rings. The maximum Gasteiger partial charge on any atom is 0.306 e. The second-order valence-electron chi connectivity index (χ2n) is 17.1. The first-order valence-electron chi connectivity index (χ1n) is 25.6. The van der Waals surface area contributed by atoms with E-state index in [-0.39, 0.29) is 31.1 Å². The molecule has 0 aliphatic heterocycles. The first-order valence-corrected chi connectivity index (χ1v) is 25.6. The third-order valence-corrected chi connectivity index (χ3v) is 11.0. The number of ether oxygens (including phenoxy) is 3. The van der Waals surface area contributed by atoms with Crippen molar-refractivity contribution < 1.29 is 28.6 Å². The second-order valence-corrected chi connectivity index (χ2v) is 17.1. The largest absolute Gasteiger partial charge is 0.462 e. The molecule has 0 spiro atoms. The molecule has 0 aromatic carbocycles. The maximum absolute atomic E-state index is 12.7. The van der Waals surface area contributed by atoms with Gasteiger partial charge in [-0.25, -0.2) is 0 Å². The minimum atomic E-state index is -0.777. The number of esters is 3. The summed E-state index contributed by atoms with van der Waals surface area (Å²) in [5.41, 5.74) is 0. The number of rotatable bonds is 46. The molecular formula is C54H96O6. The monoisotopic (exact) mass is 841 g/mol. The fourth-order valence-electron chi connectivity index (χ4n) is 7.16. The van der Waals surface area contributed by atoms with Gasteiger partial charge in [0.2, 0.25) is 0 Å². The summed E-state index contributed by atoms with van der Waals surface area (Å²) < 4.78 is 16.7. The molecule has 0 aliphatic rings. The summed E-state index contributed by atoms with van der Waals surface area (Å²) in [5, 5.41) is 0. The quantitative estimate of drug-likeness (QED) is 0.0263. The average molecular weight is 841 g/mol. The number of hydrogen-bond acceptors (Lipinski definition) is 6. The first-order chi connectivity index (χ1) is 29.5. The summed E-state index contributed by atoms with van der Waals surface area (Å²) in [4.78, 5) is 37.8. The highest BCUT2D eigenvalue weighted by atomic mass is 16.6. The molecule has 6 heteroatoms. The molecule has 60 heavy (non-hydrogen) atoms. The summed E-state index contributed by atoms with van der Waals surface area (Å²) in [5.74, 6) is -0.899. The van der Waals surface area contributed by atoms with E-state index in [1.807, 2.05) is 0 Å². The Labute approximate surface area is 371 Å². The zero-order chi connectivity index (χ0) is 43.7. The Hall–Kier alpha value is -2.63.